The van der Waals surface area contributed by atoms with Crippen LogP contribution in [0.2, 0.25) is 0 Å². The van der Waals surface area contributed by atoms with Crippen molar-refractivity contribution < 1.29 is 14.1 Å². The summed E-state index contributed by atoms with van der Waals surface area (Å²) in [4.78, 5) is 16.5. The highest BCUT2D eigenvalue weighted by Crippen LogP contribution is 2.20. The highest BCUT2D eigenvalue weighted by molar-refractivity contribution is 5.75. The predicted octanol–water partition coefficient (Wildman–Crippen LogP) is 3.57. The monoisotopic (exact) mass is 417 g/mol. The van der Waals surface area contributed by atoms with E-state index in [0.717, 1.165) is 22.6 Å². The number of rotatable bonds is 9. The van der Waals surface area contributed by atoms with Crippen LogP contribution in [-0.2, 0) is 17.8 Å². The summed E-state index contributed by atoms with van der Waals surface area (Å²) in [6, 6.07) is 17.2. The van der Waals surface area contributed by atoms with Gasteiger partial charge in [-0.15, -0.1) is 0 Å². The molecule has 31 heavy (non-hydrogen) atoms. The fraction of sp³-hybridized carbons (Fsp3) is 0.217. The third-order valence-corrected chi connectivity index (χ3v) is 4.81. The highest BCUT2D eigenvalue weighted by atomic mass is 16.5. The summed E-state index contributed by atoms with van der Waals surface area (Å²) in [6.07, 6.45) is 5.21. The van der Waals surface area contributed by atoms with E-state index >= 15 is 0 Å². The van der Waals surface area contributed by atoms with Crippen molar-refractivity contribution in [1.82, 2.24) is 25.2 Å². The second-order valence-electron chi connectivity index (χ2n) is 6.99. The summed E-state index contributed by atoms with van der Waals surface area (Å²) in [5.74, 6) is 1.81. The Morgan fingerprint density at radius 1 is 1.13 bits per heavy atom. The molecule has 8 nitrogen and oxygen atoms in total. The Morgan fingerprint density at radius 3 is 2.65 bits per heavy atom. The van der Waals surface area contributed by atoms with Gasteiger partial charge in [0.2, 0.25) is 17.6 Å². The van der Waals surface area contributed by atoms with Gasteiger partial charge >= 0.3 is 0 Å². The standard InChI is InChI=1S/C23H23N5O3/c1-30-20-12-8-18(9-13-20)23-26-22(31-27-23)5-2-4-21(29)24-16-17-6-10-19(11-7-17)28-15-3-14-25-28/h3,6-15H,2,4-5,16H2,1H3,(H,24,29). The van der Waals surface area contributed by atoms with Crippen molar-refractivity contribution in [3.05, 3.63) is 78.4 Å². The summed E-state index contributed by atoms with van der Waals surface area (Å²) < 4.78 is 12.2. The summed E-state index contributed by atoms with van der Waals surface area (Å²) in [7, 11) is 1.62. The van der Waals surface area contributed by atoms with Crippen LogP contribution in [0.25, 0.3) is 17.1 Å². The van der Waals surface area contributed by atoms with Crippen LogP contribution >= 0.6 is 0 Å². The maximum atomic E-state index is 12.1. The van der Waals surface area contributed by atoms with Crippen molar-refractivity contribution in [2.24, 2.45) is 0 Å². The van der Waals surface area contributed by atoms with E-state index in [1.54, 1.807) is 18.0 Å². The Labute approximate surface area is 179 Å². The van der Waals surface area contributed by atoms with Crippen molar-refractivity contribution in [2.45, 2.75) is 25.8 Å². The van der Waals surface area contributed by atoms with Crippen molar-refractivity contribution in [3.8, 4) is 22.8 Å². The Hall–Kier alpha value is -3.94. The van der Waals surface area contributed by atoms with Crippen LogP contribution in [-0.4, -0.2) is 32.9 Å². The molecule has 2 heterocycles. The summed E-state index contributed by atoms with van der Waals surface area (Å²) in [5, 5.41) is 11.1. The molecule has 2 aromatic heterocycles. The number of nitrogens with one attached hydrogen (secondary N) is 1. The number of nitrogens with zero attached hydrogens (tertiary/aromatic N) is 4. The molecular formula is C23H23N5O3. The number of aryl methyl sites for hydroxylation is 1. The molecule has 158 valence electrons. The molecule has 2 aromatic carbocycles. The zero-order valence-electron chi connectivity index (χ0n) is 17.2. The van der Waals surface area contributed by atoms with Gasteiger partial charge in [-0.25, -0.2) is 4.68 Å². The molecule has 4 rings (SSSR count). The third-order valence-electron chi connectivity index (χ3n) is 4.81. The first-order valence-corrected chi connectivity index (χ1v) is 10.0. The van der Waals surface area contributed by atoms with E-state index in [1.807, 2.05) is 60.8 Å². The largest absolute Gasteiger partial charge is 0.497 e. The lowest BCUT2D eigenvalue weighted by atomic mass is 10.2. The summed E-state index contributed by atoms with van der Waals surface area (Å²) in [5.41, 5.74) is 2.87. The topological polar surface area (TPSA) is 95.1 Å². The van der Waals surface area contributed by atoms with Crippen molar-refractivity contribution in [2.75, 3.05) is 7.11 Å². The lowest BCUT2D eigenvalue weighted by molar-refractivity contribution is -0.121. The van der Waals surface area contributed by atoms with Crippen molar-refractivity contribution in [1.29, 1.82) is 0 Å². The predicted molar refractivity (Wildman–Crippen MR) is 115 cm³/mol. The fourth-order valence-corrected chi connectivity index (χ4v) is 3.09. The average Bonchev–Trinajstić information content (AvgIpc) is 3.51. The quantitative estimate of drug-likeness (QED) is 0.447. The molecule has 0 aliphatic heterocycles. The van der Waals surface area contributed by atoms with E-state index in [9.17, 15) is 4.79 Å². The Bertz CT molecular complexity index is 1100. The van der Waals surface area contributed by atoms with Gasteiger partial charge < -0.3 is 14.6 Å². The van der Waals surface area contributed by atoms with Gasteiger partial charge in [-0.3, -0.25) is 4.79 Å². The van der Waals surface area contributed by atoms with Crippen molar-refractivity contribution in [3.63, 3.8) is 0 Å². The van der Waals surface area contributed by atoms with E-state index < -0.39 is 0 Å². The van der Waals surface area contributed by atoms with Crippen LogP contribution in [0, 0.1) is 0 Å². The smallest absolute Gasteiger partial charge is 0.226 e. The van der Waals surface area contributed by atoms with Gasteiger partial charge in [0.05, 0.1) is 12.8 Å². The van der Waals surface area contributed by atoms with E-state index in [0.29, 0.717) is 37.5 Å². The maximum absolute atomic E-state index is 12.1. The Balaban J connectivity index is 1.20. The molecule has 0 saturated carbocycles. The number of ether oxygens (including phenoxy) is 1. The number of hydrogen-bond donors (Lipinski definition) is 1. The van der Waals surface area contributed by atoms with E-state index in [2.05, 4.69) is 20.6 Å². The second kappa shape index (κ2) is 9.71. The Morgan fingerprint density at radius 2 is 1.94 bits per heavy atom. The number of carbonyl (C=O) groups is 1. The number of hydrogen-bond acceptors (Lipinski definition) is 6. The first-order valence-electron chi connectivity index (χ1n) is 10.0. The molecule has 0 radical (unpaired) electrons. The lowest BCUT2D eigenvalue weighted by Crippen LogP contribution is -2.22. The molecule has 0 aliphatic carbocycles. The lowest BCUT2D eigenvalue weighted by Gasteiger charge is -2.06. The van der Waals surface area contributed by atoms with Gasteiger partial charge in [-0.05, 0) is 54.4 Å². The number of amides is 1. The van der Waals surface area contributed by atoms with Crippen LogP contribution < -0.4 is 10.1 Å². The first-order chi connectivity index (χ1) is 15.2. The molecule has 1 amide bonds. The molecule has 0 bridgehead atoms. The molecule has 0 aliphatic rings. The van der Waals surface area contributed by atoms with E-state index in [4.69, 9.17) is 9.26 Å². The third kappa shape index (κ3) is 5.36. The number of methoxy groups -OCH3 is 1. The molecule has 0 saturated heterocycles. The van der Waals surface area contributed by atoms with Crippen molar-refractivity contribution >= 4 is 5.91 Å². The average molecular weight is 417 g/mol. The molecule has 0 unspecified atom stereocenters. The van der Waals surface area contributed by atoms with E-state index in [1.165, 1.54) is 0 Å². The first kappa shape index (κ1) is 20.3. The van der Waals surface area contributed by atoms with Crippen LogP contribution in [0.5, 0.6) is 5.75 Å². The molecule has 0 atom stereocenters. The van der Waals surface area contributed by atoms with E-state index in [-0.39, 0.29) is 5.91 Å². The van der Waals surface area contributed by atoms with Crippen LogP contribution in [0.4, 0.5) is 0 Å². The van der Waals surface area contributed by atoms with Crippen LogP contribution in [0.3, 0.4) is 0 Å². The zero-order valence-corrected chi connectivity index (χ0v) is 17.2. The number of aromatic nitrogens is 4. The second-order valence-corrected chi connectivity index (χ2v) is 6.99. The molecule has 8 heteroatoms. The molecule has 1 N–H and O–H groups in total. The minimum atomic E-state index is -0.00829. The summed E-state index contributed by atoms with van der Waals surface area (Å²) in [6.45, 7) is 0.487. The zero-order chi connectivity index (χ0) is 21.5. The SMILES string of the molecule is COc1ccc(-c2noc(CCCC(=O)NCc3ccc(-n4cccn4)cc3)n2)cc1. The summed E-state index contributed by atoms with van der Waals surface area (Å²) >= 11 is 0. The van der Waals surface area contributed by atoms with Gasteiger partial charge in [0.25, 0.3) is 0 Å². The van der Waals surface area contributed by atoms with Gasteiger partial charge in [0.15, 0.2) is 0 Å². The molecule has 0 spiro atoms. The minimum Gasteiger partial charge on any atom is -0.497 e. The van der Waals surface area contributed by atoms with Gasteiger partial charge in [-0.1, -0.05) is 17.3 Å². The molecular weight excluding hydrogens is 394 g/mol. The molecule has 0 fully saturated rings. The maximum Gasteiger partial charge on any atom is 0.226 e. The van der Waals surface area contributed by atoms with Crippen LogP contribution in [0.15, 0.2) is 71.5 Å². The normalized spacial score (nSPS) is 10.7. The Kier molecular flexibility index (Phi) is 6.37. The van der Waals surface area contributed by atoms with Gasteiger partial charge in [0, 0.05) is 37.3 Å². The highest BCUT2D eigenvalue weighted by Gasteiger charge is 2.10. The van der Waals surface area contributed by atoms with Gasteiger partial charge in [-0.2, -0.15) is 10.1 Å². The van der Waals surface area contributed by atoms with Gasteiger partial charge in [0.1, 0.15) is 5.75 Å². The van der Waals surface area contributed by atoms with Crippen LogP contribution in [0.1, 0.15) is 24.3 Å². The molecule has 4 aromatic rings. The number of carbonyl (C=O) groups excluding carboxylic acids is 1. The number of benzene rings is 2. The minimum absolute atomic E-state index is 0.00829. The fourth-order valence-electron chi connectivity index (χ4n) is 3.09.